The molecule has 2 N–H and O–H groups in total. The first-order valence-electron chi connectivity index (χ1n) is 3.58. The van der Waals surface area contributed by atoms with Crippen molar-refractivity contribution in [3.8, 4) is 0 Å². The quantitative estimate of drug-likeness (QED) is 0.292. The number of hydrogen-bond donors (Lipinski definition) is 1. The van der Waals surface area contributed by atoms with Gasteiger partial charge in [0, 0.05) is 12.1 Å². The highest BCUT2D eigenvalue weighted by Crippen LogP contribution is 2.22. The van der Waals surface area contributed by atoms with Gasteiger partial charge >= 0.3 is 0 Å². The van der Waals surface area contributed by atoms with E-state index in [4.69, 9.17) is 17.3 Å². The van der Waals surface area contributed by atoms with Gasteiger partial charge in [0.15, 0.2) is 0 Å². The molecular formula is C8H6ClF2IN2. The Morgan fingerprint density at radius 1 is 1.43 bits per heavy atom. The summed E-state index contributed by atoms with van der Waals surface area (Å²) in [5.41, 5.74) is 5.44. The first-order valence-corrected chi connectivity index (χ1v) is 5.19. The molecule has 0 aliphatic heterocycles. The van der Waals surface area contributed by atoms with E-state index >= 15 is 0 Å². The molecule has 14 heavy (non-hydrogen) atoms. The first-order chi connectivity index (χ1) is 6.54. The van der Waals surface area contributed by atoms with E-state index in [0.717, 1.165) is 12.1 Å². The monoisotopic (exact) mass is 330 g/mol. The fourth-order valence-electron chi connectivity index (χ4n) is 0.802. The van der Waals surface area contributed by atoms with E-state index in [9.17, 15) is 8.78 Å². The predicted molar refractivity (Wildman–Crippen MR) is 61.1 cm³/mol. The molecule has 2 nitrogen and oxygen atoms in total. The van der Waals surface area contributed by atoms with Crippen molar-refractivity contribution in [2.75, 3.05) is 5.88 Å². The summed E-state index contributed by atoms with van der Waals surface area (Å²) in [4.78, 5) is 3.72. The second kappa shape index (κ2) is 4.88. The van der Waals surface area contributed by atoms with Gasteiger partial charge in [-0.3, -0.25) is 0 Å². The molecule has 0 aromatic heterocycles. The van der Waals surface area contributed by atoms with Crippen molar-refractivity contribution in [1.82, 2.24) is 0 Å². The van der Waals surface area contributed by atoms with E-state index in [1.54, 1.807) is 22.6 Å². The van der Waals surface area contributed by atoms with Crippen LogP contribution in [-0.2, 0) is 0 Å². The van der Waals surface area contributed by atoms with E-state index < -0.39 is 11.6 Å². The van der Waals surface area contributed by atoms with E-state index in [1.807, 2.05) is 0 Å². The van der Waals surface area contributed by atoms with Crippen LogP contribution in [0.15, 0.2) is 17.1 Å². The SMILES string of the molecule is NC(CCl)=Nc1cc(F)c(I)c(F)c1. The molecule has 6 heteroatoms. The van der Waals surface area contributed by atoms with Crippen LogP contribution in [0, 0.1) is 15.2 Å². The number of amidine groups is 1. The molecule has 0 aliphatic rings. The van der Waals surface area contributed by atoms with Gasteiger partial charge in [-0.1, -0.05) is 0 Å². The van der Waals surface area contributed by atoms with Gasteiger partial charge in [0.05, 0.1) is 15.1 Å². The van der Waals surface area contributed by atoms with Crippen LogP contribution in [0.2, 0.25) is 0 Å². The predicted octanol–water partition coefficient (Wildman–Crippen LogP) is 2.80. The lowest BCUT2D eigenvalue weighted by Gasteiger charge is -2.00. The lowest BCUT2D eigenvalue weighted by Crippen LogP contribution is -2.12. The molecule has 0 saturated carbocycles. The summed E-state index contributed by atoms with van der Waals surface area (Å²) in [5, 5.41) is 0. The molecule has 0 heterocycles. The molecule has 1 rings (SSSR count). The van der Waals surface area contributed by atoms with Gasteiger partial charge in [-0.25, -0.2) is 13.8 Å². The molecule has 0 radical (unpaired) electrons. The Hall–Kier alpha value is -0.430. The van der Waals surface area contributed by atoms with Crippen LogP contribution in [0.3, 0.4) is 0 Å². The van der Waals surface area contributed by atoms with Gasteiger partial charge in [0.1, 0.15) is 17.5 Å². The van der Waals surface area contributed by atoms with E-state index in [0.29, 0.717) is 0 Å². The normalized spacial score (nSPS) is 11.9. The maximum absolute atomic E-state index is 13.0. The van der Waals surface area contributed by atoms with Gasteiger partial charge in [0.2, 0.25) is 0 Å². The minimum atomic E-state index is -0.660. The van der Waals surface area contributed by atoms with Gasteiger partial charge in [-0.2, -0.15) is 0 Å². The van der Waals surface area contributed by atoms with E-state index in [-0.39, 0.29) is 21.0 Å². The molecule has 0 spiro atoms. The summed E-state index contributed by atoms with van der Waals surface area (Å²) in [6, 6.07) is 2.20. The Kier molecular flexibility index (Phi) is 4.06. The third kappa shape index (κ3) is 2.78. The number of rotatable bonds is 2. The summed E-state index contributed by atoms with van der Waals surface area (Å²) >= 11 is 6.94. The number of hydrogen-bond acceptors (Lipinski definition) is 1. The topological polar surface area (TPSA) is 38.4 Å². The van der Waals surface area contributed by atoms with Crippen LogP contribution in [0.5, 0.6) is 0 Å². The zero-order valence-corrected chi connectivity index (χ0v) is 9.81. The average Bonchev–Trinajstić information content (AvgIpc) is 2.14. The summed E-state index contributed by atoms with van der Waals surface area (Å²) in [6.07, 6.45) is 0. The maximum Gasteiger partial charge on any atom is 0.141 e. The van der Waals surface area contributed by atoms with Crippen molar-refractivity contribution in [1.29, 1.82) is 0 Å². The number of nitrogens with two attached hydrogens (primary N) is 1. The fraction of sp³-hybridized carbons (Fsp3) is 0.125. The molecule has 0 amide bonds. The van der Waals surface area contributed by atoms with Gasteiger partial charge < -0.3 is 5.73 Å². The molecule has 0 atom stereocenters. The Morgan fingerprint density at radius 2 is 1.93 bits per heavy atom. The second-order valence-corrected chi connectivity index (χ2v) is 3.81. The smallest absolute Gasteiger partial charge is 0.141 e. The average molecular weight is 331 g/mol. The molecule has 1 aromatic carbocycles. The standard InChI is InChI=1S/C8H6ClF2IN2/c9-3-7(13)14-4-1-5(10)8(12)6(11)2-4/h1-2H,3H2,(H2,13,14). The lowest BCUT2D eigenvalue weighted by atomic mass is 10.3. The third-order valence-corrected chi connectivity index (χ3v) is 2.68. The molecule has 0 aliphatic carbocycles. The highest BCUT2D eigenvalue weighted by Gasteiger charge is 2.07. The molecular weight excluding hydrogens is 324 g/mol. The van der Waals surface area contributed by atoms with E-state index in [2.05, 4.69) is 4.99 Å². The lowest BCUT2D eigenvalue weighted by molar-refractivity contribution is 0.571. The molecule has 0 unspecified atom stereocenters. The third-order valence-electron chi connectivity index (χ3n) is 1.38. The highest BCUT2D eigenvalue weighted by molar-refractivity contribution is 14.1. The molecule has 1 aromatic rings. The van der Waals surface area contributed by atoms with Crippen LogP contribution < -0.4 is 5.73 Å². The van der Waals surface area contributed by atoms with Gasteiger partial charge in [-0.05, 0) is 22.6 Å². The van der Waals surface area contributed by atoms with Crippen LogP contribution in [0.1, 0.15) is 0 Å². The first kappa shape index (κ1) is 11.6. The largest absolute Gasteiger partial charge is 0.386 e. The molecule has 76 valence electrons. The fourth-order valence-corrected chi connectivity index (χ4v) is 1.17. The Balaban J connectivity index is 3.13. The Morgan fingerprint density at radius 3 is 2.36 bits per heavy atom. The van der Waals surface area contributed by atoms with Crippen LogP contribution in [0.4, 0.5) is 14.5 Å². The molecule has 0 bridgehead atoms. The van der Waals surface area contributed by atoms with Gasteiger partial charge in [0.25, 0.3) is 0 Å². The van der Waals surface area contributed by atoms with Crippen LogP contribution in [0.25, 0.3) is 0 Å². The zero-order chi connectivity index (χ0) is 10.7. The van der Waals surface area contributed by atoms with Crippen molar-refractivity contribution in [2.24, 2.45) is 10.7 Å². The molecule has 0 saturated heterocycles. The van der Waals surface area contributed by atoms with Crippen molar-refractivity contribution in [3.05, 3.63) is 27.3 Å². The van der Waals surface area contributed by atoms with Crippen LogP contribution in [-0.4, -0.2) is 11.7 Å². The zero-order valence-electron chi connectivity index (χ0n) is 6.90. The summed E-state index contributed by atoms with van der Waals surface area (Å²) < 4.78 is 25.9. The number of alkyl halides is 1. The number of benzene rings is 1. The Bertz CT molecular complexity index is 359. The summed E-state index contributed by atoms with van der Waals surface area (Å²) in [7, 11) is 0. The summed E-state index contributed by atoms with van der Waals surface area (Å²) in [6.45, 7) is 0. The number of aliphatic imine (C=N–C) groups is 1. The maximum atomic E-state index is 13.0. The van der Waals surface area contributed by atoms with Crippen molar-refractivity contribution in [3.63, 3.8) is 0 Å². The number of halogens is 4. The Labute approximate surface area is 98.3 Å². The number of nitrogens with zero attached hydrogens (tertiary/aromatic N) is 1. The van der Waals surface area contributed by atoms with E-state index in [1.165, 1.54) is 0 Å². The second-order valence-electron chi connectivity index (χ2n) is 2.46. The minimum Gasteiger partial charge on any atom is -0.386 e. The minimum absolute atomic E-state index is 0.0230. The van der Waals surface area contributed by atoms with Crippen molar-refractivity contribution in [2.45, 2.75) is 0 Å². The molecule has 0 fully saturated rings. The summed E-state index contributed by atoms with van der Waals surface area (Å²) in [5.74, 6) is -1.18. The van der Waals surface area contributed by atoms with Crippen molar-refractivity contribution < 1.29 is 8.78 Å². The van der Waals surface area contributed by atoms with Crippen LogP contribution >= 0.6 is 34.2 Å². The van der Waals surface area contributed by atoms with Crippen molar-refractivity contribution >= 4 is 45.7 Å². The van der Waals surface area contributed by atoms with Gasteiger partial charge in [-0.15, -0.1) is 11.6 Å². The highest BCUT2D eigenvalue weighted by atomic mass is 127.